The van der Waals surface area contributed by atoms with E-state index in [0.29, 0.717) is 0 Å². The van der Waals surface area contributed by atoms with E-state index in [-0.39, 0.29) is 0 Å². The maximum absolute atomic E-state index is 8.25. The topological polar surface area (TPSA) is 44.6 Å². The lowest BCUT2D eigenvalue weighted by Crippen LogP contribution is -3.06. The number of nitrogens with one attached hydrogen (secondary N) is 1. The smallest absolute Gasteiger partial charge is 0.0795 e. The molecule has 0 saturated heterocycles. The summed E-state index contributed by atoms with van der Waals surface area (Å²) >= 11 is 0. The molecular formula is C7H15NO2. The lowest BCUT2D eigenvalue weighted by Gasteiger charge is -2.02. The zero-order valence-corrected chi connectivity index (χ0v) is 6.59. The van der Waals surface area contributed by atoms with Crippen molar-refractivity contribution in [2.45, 2.75) is 12.8 Å². The van der Waals surface area contributed by atoms with Crippen molar-refractivity contribution in [2.75, 3.05) is 20.6 Å². The van der Waals surface area contributed by atoms with Gasteiger partial charge in [0.15, 0.2) is 0 Å². The van der Waals surface area contributed by atoms with Crippen LogP contribution in [0.3, 0.4) is 0 Å². The Balaban J connectivity index is 0.000000236. The van der Waals surface area contributed by atoms with Crippen molar-refractivity contribution >= 4 is 6.47 Å². The van der Waals surface area contributed by atoms with Gasteiger partial charge in [-0.25, -0.2) is 0 Å². The van der Waals surface area contributed by atoms with Gasteiger partial charge in [-0.05, 0) is 12.8 Å². The summed E-state index contributed by atoms with van der Waals surface area (Å²) in [4.78, 5) is 9.85. The quantitative estimate of drug-likeness (QED) is 0.453. The van der Waals surface area contributed by atoms with Gasteiger partial charge in [0.05, 0.1) is 20.6 Å². The molecule has 1 saturated carbocycles. The minimum absolute atomic E-state index is 0.500. The second-order valence-electron chi connectivity index (χ2n) is 2.95. The highest BCUT2D eigenvalue weighted by Gasteiger charge is 2.23. The summed E-state index contributed by atoms with van der Waals surface area (Å²) in [5.41, 5.74) is 0. The molecule has 0 aliphatic heterocycles. The van der Waals surface area contributed by atoms with Crippen molar-refractivity contribution in [2.24, 2.45) is 5.92 Å². The number of hydrogen-bond acceptors (Lipinski definition) is 2. The molecule has 0 aromatic carbocycles. The fourth-order valence-electron chi connectivity index (χ4n) is 0.899. The van der Waals surface area contributed by atoms with E-state index in [1.54, 1.807) is 4.90 Å². The van der Waals surface area contributed by atoms with E-state index in [9.17, 15) is 0 Å². The van der Waals surface area contributed by atoms with Crippen molar-refractivity contribution in [3.63, 3.8) is 0 Å². The molecule has 0 atom stereocenters. The molecule has 1 rings (SSSR count). The zero-order valence-electron chi connectivity index (χ0n) is 6.59. The predicted molar refractivity (Wildman–Crippen MR) is 36.5 cm³/mol. The average molecular weight is 145 g/mol. The van der Waals surface area contributed by atoms with Crippen LogP contribution in [-0.4, -0.2) is 27.1 Å². The van der Waals surface area contributed by atoms with Gasteiger partial charge in [-0.1, -0.05) is 0 Å². The first kappa shape index (κ1) is 9.43. The van der Waals surface area contributed by atoms with Crippen LogP contribution in [-0.2, 0) is 4.79 Å². The van der Waals surface area contributed by atoms with E-state index in [1.807, 2.05) is 0 Å². The maximum Gasteiger partial charge on any atom is 0.0795 e. The van der Waals surface area contributed by atoms with Crippen LogP contribution in [0.1, 0.15) is 12.8 Å². The van der Waals surface area contributed by atoms with Crippen LogP contribution in [0.4, 0.5) is 0 Å². The first-order valence-electron chi connectivity index (χ1n) is 3.55. The van der Waals surface area contributed by atoms with Crippen LogP contribution in [0.2, 0.25) is 0 Å². The number of carbonyl (C=O) groups is 1. The maximum atomic E-state index is 8.25. The first-order valence-corrected chi connectivity index (χ1v) is 3.55. The molecule has 3 nitrogen and oxygen atoms in total. The van der Waals surface area contributed by atoms with Crippen LogP contribution in [0.15, 0.2) is 0 Å². The second-order valence-corrected chi connectivity index (χ2v) is 2.95. The lowest BCUT2D eigenvalue weighted by atomic mass is 10.4. The Kier molecular flexibility index (Phi) is 4.94. The van der Waals surface area contributed by atoms with Crippen LogP contribution in [0.5, 0.6) is 0 Å². The summed E-state index contributed by atoms with van der Waals surface area (Å²) in [6.45, 7) is 0.889. The summed E-state index contributed by atoms with van der Waals surface area (Å²) in [6.07, 6.45) is 2.98. The molecule has 3 heteroatoms. The van der Waals surface area contributed by atoms with Gasteiger partial charge in [-0.15, -0.1) is 0 Å². The van der Waals surface area contributed by atoms with Gasteiger partial charge in [-0.3, -0.25) is 0 Å². The van der Waals surface area contributed by atoms with E-state index in [1.165, 1.54) is 19.4 Å². The van der Waals surface area contributed by atoms with Crippen LogP contribution >= 0.6 is 0 Å². The molecular weight excluding hydrogens is 130 g/mol. The summed E-state index contributed by atoms with van der Waals surface area (Å²) in [6, 6.07) is 0. The molecule has 0 aromatic heterocycles. The molecule has 0 aromatic rings. The molecule has 1 fully saturated rings. The highest BCUT2D eigenvalue weighted by atomic mass is 16.3. The van der Waals surface area contributed by atoms with E-state index >= 15 is 0 Å². The molecule has 60 valence electrons. The third-order valence-electron chi connectivity index (χ3n) is 1.39. The number of quaternary nitrogens is 1. The van der Waals surface area contributed by atoms with Gasteiger partial charge in [0, 0.05) is 12.4 Å². The van der Waals surface area contributed by atoms with Crippen molar-refractivity contribution in [3.8, 4) is 0 Å². The van der Waals surface area contributed by atoms with Crippen molar-refractivity contribution in [1.29, 1.82) is 0 Å². The Bertz CT molecular complexity index is 89.6. The van der Waals surface area contributed by atoms with Gasteiger partial charge in [0.25, 0.3) is 0 Å². The van der Waals surface area contributed by atoms with Crippen LogP contribution < -0.4 is 10.0 Å². The molecule has 0 radical (unpaired) electrons. The largest absolute Gasteiger partial charge is 0.554 e. The highest BCUT2D eigenvalue weighted by molar-refractivity contribution is 5.29. The Labute approximate surface area is 61.6 Å². The average Bonchev–Trinajstić information content (AvgIpc) is 2.50. The molecule has 1 aliphatic carbocycles. The molecule has 1 N–H and O–H groups in total. The second kappa shape index (κ2) is 5.23. The molecule has 0 heterocycles. The van der Waals surface area contributed by atoms with Crippen LogP contribution in [0, 0.1) is 5.92 Å². The van der Waals surface area contributed by atoms with E-state index in [0.717, 1.165) is 5.92 Å². The standard InChI is InChI=1S/C6H13N.CH2O2/c1-7(2)5-6-3-4-6;2-1-3/h6H,3-5H2,1-2H3;1H,(H,2,3). The van der Waals surface area contributed by atoms with Crippen LogP contribution in [0.25, 0.3) is 0 Å². The first-order chi connectivity index (χ1) is 4.70. The van der Waals surface area contributed by atoms with Gasteiger partial charge in [-0.2, -0.15) is 0 Å². The van der Waals surface area contributed by atoms with E-state index in [4.69, 9.17) is 9.90 Å². The minimum Gasteiger partial charge on any atom is -0.554 e. The fraction of sp³-hybridized carbons (Fsp3) is 0.857. The predicted octanol–water partition coefficient (Wildman–Crippen LogP) is -2.09. The Morgan fingerprint density at radius 2 is 2.00 bits per heavy atom. The third kappa shape index (κ3) is 7.43. The lowest BCUT2D eigenvalue weighted by molar-refractivity contribution is -0.860. The summed E-state index contributed by atoms with van der Waals surface area (Å²) in [5.74, 6) is 1.09. The molecule has 0 spiro atoms. The molecule has 0 bridgehead atoms. The van der Waals surface area contributed by atoms with Crippen molar-refractivity contribution < 1.29 is 14.8 Å². The van der Waals surface area contributed by atoms with Gasteiger partial charge in [0.2, 0.25) is 0 Å². The summed E-state index contributed by atoms with van der Waals surface area (Å²) < 4.78 is 0. The SMILES string of the molecule is C[NH+](C)CC1CC1.O=C[O-]. The van der Waals surface area contributed by atoms with Gasteiger partial charge >= 0.3 is 0 Å². The molecule has 0 unspecified atom stereocenters. The normalized spacial score (nSPS) is 15.9. The summed E-state index contributed by atoms with van der Waals surface area (Å²) in [5, 5.41) is 8.25. The Morgan fingerprint density at radius 3 is 2.10 bits per heavy atom. The fourth-order valence-corrected chi connectivity index (χ4v) is 0.899. The molecule has 10 heavy (non-hydrogen) atoms. The van der Waals surface area contributed by atoms with E-state index in [2.05, 4.69) is 14.1 Å². The third-order valence-corrected chi connectivity index (χ3v) is 1.39. The number of rotatable bonds is 2. The van der Waals surface area contributed by atoms with Crippen molar-refractivity contribution in [1.82, 2.24) is 0 Å². The summed E-state index contributed by atoms with van der Waals surface area (Å²) in [7, 11) is 4.44. The minimum atomic E-state index is -0.500. The number of hydrogen-bond donors (Lipinski definition) is 1. The highest BCUT2D eigenvalue weighted by Crippen LogP contribution is 2.26. The number of carboxylic acid groups (broad SMARTS) is 1. The van der Waals surface area contributed by atoms with Gasteiger partial charge < -0.3 is 14.8 Å². The Hall–Kier alpha value is -0.570. The molecule has 1 aliphatic rings. The monoisotopic (exact) mass is 145 g/mol. The van der Waals surface area contributed by atoms with E-state index < -0.39 is 6.47 Å². The zero-order chi connectivity index (χ0) is 7.98. The van der Waals surface area contributed by atoms with Crippen molar-refractivity contribution in [3.05, 3.63) is 0 Å². The van der Waals surface area contributed by atoms with Gasteiger partial charge in [0.1, 0.15) is 0 Å². The number of carbonyl (C=O) groups excluding carboxylic acids is 1. The molecule has 0 amide bonds. The Morgan fingerprint density at radius 1 is 1.60 bits per heavy atom.